The van der Waals surface area contributed by atoms with Crippen molar-refractivity contribution < 1.29 is 8.42 Å². The molecule has 6 heteroatoms. The van der Waals surface area contributed by atoms with Gasteiger partial charge >= 0.3 is 0 Å². The van der Waals surface area contributed by atoms with Crippen molar-refractivity contribution in [1.29, 1.82) is 0 Å². The maximum absolute atomic E-state index is 11.3. The van der Waals surface area contributed by atoms with Crippen LogP contribution in [0.5, 0.6) is 0 Å². The molecule has 0 spiro atoms. The molecule has 18 heavy (non-hydrogen) atoms. The van der Waals surface area contributed by atoms with Crippen molar-refractivity contribution in [1.82, 2.24) is 0 Å². The number of sulfonamides is 1. The summed E-state index contributed by atoms with van der Waals surface area (Å²) in [7, 11) is -3.64. The van der Waals surface area contributed by atoms with E-state index in [0.717, 1.165) is 24.9 Å². The van der Waals surface area contributed by atoms with Crippen LogP contribution in [0.2, 0.25) is 0 Å². The predicted octanol–water partition coefficient (Wildman–Crippen LogP) is 0.873. The molecule has 1 aliphatic rings. The second-order valence-corrected chi connectivity index (χ2v) is 6.31. The molecule has 1 fully saturated rings. The second kappa shape index (κ2) is 5.26. The summed E-state index contributed by atoms with van der Waals surface area (Å²) in [4.78, 5) is 0.134. The van der Waals surface area contributed by atoms with Gasteiger partial charge in [0.2, 0.25) is 10.0 Å². The molecular formula is C12H19N3O2S. The van der Waals surface area contributed by atoms with E-state index in [2.05, 4.69) is 5.32 Å². The molecule has 5 nitrogen and oxygen atoms in total. The fourth-order valence-corrected chi connectivity index (χ4v) is 3.05. The van der Waals surface area contributed by atoms with Gasteiger partial charge in [0.25, 0.3) is 0 Å². The minimum absolute atomic E-state index is 0.134. The van der Waals surface area contributed by atoms with Crippen LogP contribution in [-0.2, 0) is 10.0 Å². The Hall–Kier alpha value is -1.11. The Morgan fingerprint density at radius 1 is 1.33 bits per heavy atom. The fourth-order valence-electron chi connectivity index (χ4n) is 2.49. The molecule has 2 unspecified atom stereocenters. The van der Waals surface area contributed by atoms with E-state index in [9.17, 15) is 8.42 Å². The maximum Gasteiger partial charge on any atom is 0.238 e. The van der Waals surface area contributed by atoms with Crippen molar-refractivity contribution >= 4 is 15.7 Å². The Morgan fingerprint density at radius 3 is 2.78 bits per heavy atom. The van der Waals surface area contributed by atoms with Crippen LogP contribution >= 0.6 is 0 Å². The van der Waals surface area contributed by atoms with Gasteiger partial charge in [0.15, 0.2) is 0 Å². The molecule has 0 bridgehead atoms. The number of rotatable bonds is 4. The average Bonchev–Trinajstić information content (AvgIpc) is 2.75. The van der Waals surface area contributed by atoms with E-state index in [0.29, 0.717) is 18.5 Å². The first-order valence-corrected chi connectivity index (χ1v) is 7.65. The van der Waals surface area contributed by atoms with Gasteiger partial charge in [-0.25, -0.2) is 13.6 Å². The third-order valence-electron chi connectivity index (χ3n) is 3.48. The zero-order valence-electron chi connectivity index (χ0n) is 10.2. The number of benzene rings is 1. The molecule has 100 valence electrons. The van der Waals surface area contributed by atoms with Gasteiger partial charge in [-0.05, 0) is 43.5 Å². The molecule has 0 aliphatic heterocycles. The third kappa shape index (κ3) is 3.01. The highest BCUT2D eigenvalue weighted by Gasteiger charge is 2.25. The normalized spacial score (nSPS) is 24.1. The number of primary sulfonamides is 1. The lowest BCUT2D eigenvalue weighted by atomic mass is 10.0. The van der Waals surface area contributed by atoms with Gasteiger partial charge < -0.3 is 11.1 Å². The number of hydrogen-bond acceptors (Lipinski definition) is 4. The van der Waals surface area contributed by atoms with Crippen LogP contribution in [0.25, 0.3) is 0 Å². The third-order valence-corrected chi connectivity index (χ3v) is 4.39. The van der Waals surface area contributed by atoms with Crippen LogP contribution in [-0.4, -0.2) is 21.0 Å². The van der Waals surface area contributed by atoms with E-state index in [1.54, 1.807) is 12.1 Å². The minimum atomic E-state index is -3.64. The SMILES string of the molecule is NCC1CCCC1Nc1cccc(S(N)(=O)=O)c1. The number of anilines is 1. The standard InChI is InChI=1S/C12H19N3O2S/c13-8-9-3-1-6-12(9)15-10-4-2-5-11(7-10)18(14,16)17/h2,4-5,7,9,12,15H,1,3,6,8,13H2,(H2,14,16,17). The molecular weight excluding hydrogens is 250 g/mol. The first-order chi connectivity index (χ1) is 8.50. The monoisotopic (exact) mass is 269 g/mol. The van der Waals surface area contributed by atoms with Crippen molar-refractivity contribution in [2.75, 3.05) is 11.9 Å². The number of hydrogen-bond donors (Lipinski definition) is 3. The van der Waals surface area contributed by atoms with Crippen molar-refractivity contribution in [2.45, 2.75) is 30.2 Å². The summed E-state index contributed by atoms with van der Waals surface area (Å²) < 4.78 is 22.5. The van der Waals surface area contributed by atoms with Gasteiger partial charge in [0, 0.05) is 11.7 Å². The molecule has 0 radical (unpaired) electrons. The van der Waals surface area contributed by atoms with E-state index in [-0.39, 0.29) is 4.90 Å². The van der Waals surface area contributed by atoms with Crippen LogP contribution in [0.1, 0.15) is 19.3 Å². The molecule has 5 N–H and O–H groups in total. The molecule has 0 saturated heterocycles. The summed E-state index contributed by atoms with van der Waals surface area (Å²) in [6.07, 6.45) is 3.36. The summed E-state index contributed by atoms with van der Waals surface area (Å²) in [6, 6.07) is 6.93. The topological polar surface area (TPSA) is 98.2 Å². The van der Waals surface area contributed by atoms with E-state index < -0.39 is 10.0 Å². The van der Waals surface area contributed by atoms with Crippen LogP contribution in [0.4, 0.5) is 5.69 Å². The van der Waals surface area contributed by atoms with E-state index >= 15 is 0 Å². The van der Waals surface area contributed by atoms with Crippen LogP contribution in [0.3, 0.4) is 0 Å². The maximum atomic E-state index is 11.3. The number of nitrogens with two attached hydrogens (primary N) is 2. The molecule has 1 aromatic carbocycles. The highest BCUT2D eigenvalue weighted by molar-refractivity contribution is 7.89. The van der Waals surface area contributed by atoms with E-state index in [1.807, 2.05) is 6.07 Å². The molecule has 2 rings (SSSR count). The Labute approximate surface area is 108 Å². The van der Waals surface area contributed by atoms with Gasteiger partial charge in [-0.2, -0.15) is 0 Å². The van der Waals surface area contributed by atoms with Gasteiger partial charge in [-0.3, -0.25) is 0 Å². The van der Waals surface area contributed by atoms with Crippen molar-refractivity contribution in [2.24, 2.45) is 16.8 Å². The number of nitrogens with one attached hydrogen (secondary N) is 1. The van der Waals surface area contributed by atoms with Gasteiger partial charge in [-0.15, -0.1) is 0 Å². The summed E-state index contributed by atoms with van der Waals surface area (Å²) in [6.45, 7) is 0.659. The van der Waals surface area contributed by atoms with Crippen LogP contribution in [0, 0.1) is 5.92 Å². The van der Waals surface area contributed by atoms with E-state index in [4.69, 9.17) is 10.9 Å². The Bertz CT molecular complexity index is 516. The lowest BCUT2D eigenvalue weighted by Crippen LogP contribution is -2.29. The molecule has 1 aliphatic carbocycles. The minimum Gasteiger partial charge on any atom is -0.382 e. The molecule has 1 saturated carbocycles. The quantitative estimate of drug-likeness (QED) is 0.755. The molecule has 0 heterocycles. The summed E-state index contributed by atoms with van der Waals surface area (Å²) in [5.41, 5.74) is 6.51. The highest BCUT2D eigenvalue weighted by Crippen LogP contribution is 2.28. The largest absolute Gasteiger partial charge is 0.382 e. The van der Waals surface area contributed by atoms with Crippen molar-refractivity contribution in [3.63, 3.8) is 0 Å². The van der Waals surface area contributed by atoms with Gasteiger partial charge in [0.05, 0.1) is 4.90 Å². The molecule has 0 amide bonds. The predicted molar refractivity (Wildman–Crippen MR) is 71.6 cm³/mol. The Balaban J connectivity index is 2.15. The van der Waals surface area contributed by atoms with Crippen LogP contribution < -0.4 is 16.2 Å². The van der Waals surface area contributed by atoms with Crippen molar-refractivity contribution in [3.05, 3.63) is 24.3 Å². The van der Waals surface area contributed by atoms with Crippen LogP contribution in [0.15, 0.2) is 29.2 Å². The first-order valence-electron chi connectivity index (χ1n) is 6.10. The zero-order valence-corrected chi connectivity index (χ0v) is 11.0. The lowest BCUT2D eigenvalue weighted by Gasteiger charge is -2.20. The first kappa shape index (κ1) is 13.3. The van der Waals surface area contributed by atoms with Gasteiger partial charge in [0.1, 0.15) is 0 Å². The van der Waals surface area contributed by atoms with Crippen molar-refractivity contribution in [3.8, 4) is 0 Å². The van der Waals surface area contributed by atoms with E-state index in [1.165, 1.54) is 6.07 Å². The Kier molecular flexibility index (Phi) is 3.89. The summed E-state index contributed by atoms with van der Waals surface area (Å²) >= 11 is 0. The average molecular weight is 269 g/mol. The zero-order chi connectivity index (χ0) is 13.2. The smallest absolute Gasteiger partial charge is 0.238 e. The molecule has 2 atom stereocenters. The molecule has 0 aromatic heterocycles. The second-order valence-electron chi connectivity index (χ2n) is 4.75. The summed E-state index contributed by atoms with van der Waals surface area (Å²) in [5.74, 6) is 0.461. The van der Waals surface area contributed by atoms with Gasteiger partial charge in [-0.1, -0.05) is 12.5 Å². The Morgan fingerprint density at radius 2 is 2.11 bits per heavy atom. The summed E-state index contributed by atoms with van der Waals surface area (Å²) in [5, 5.41) is 8.47. The molecule has 1 aromatic rings. The lowest BCUT2D eigenvalue weighted by molar-refractivity contribution is 0.516. The fraction of sp³-hybridized carbons (Fsp3) is 0.500. The highest BCUT2D eigenvalue weighted by atomic mass is 32.2.